The number of aromatic amines is 5. The van der Waals surface area contributed by atoms with E-state index in [2.05, 4.69) is 196 Å². The Morgan fingerprint density at radius 2 is 0.720 bits per heavy atom. The Bertz CT molecular complexity index is 6770. The third-order valence-corrected chi connectivity index (χ3v) is 21.2. The zero-order valence-electron chi connectivity index (χ0n) is 65.1. The third-order valence-electron chi connectivity index (χ3n) is 17.9. The van der Waals surface area contributed by atoms with Crippen molar-refractivity contribution in [2.45, 2.75) is 13.8 Å². The summed E-state index contributed by atoms with van der Waals surface area (Å²) in [7, 11) is 3.26. The number of aromatic nitrogens is 24. The van der Waals surface area contributed by atoms with Crippen molar-refractivity contribution in [2.75, 3.05) is 7.11 Å². The molecule has 0 saturated heterocycles. The second-order valence-electron chi connectivity index (χ2n) is 26.3. The molecule has 12 aromatic heterocycles. The number of hydrogen-bond donors (Lipinski definition) is 11. The fourth-order valence-electron chi connectivity index (χ4n) is 11.9. The molecule has 0 fully saturated rings. The maximum absolute atomic E-state index is 13.4. The normalized spacial score (nSPS) is 10.8. The summed E-state index contributed by atoms with van der Waals surface area (Å²) >= 11 is 22.9. The zero-order valence-corrected chi connectivity index (χ0v) is 73.8. The molecule has 0 aliphatic heterocycles. The molecule has 0 unspecified atom stereocenters. The van der Waals surface area contributed by atoms with Gasteiger partial charge in [0.05, 0.1) is 40.5 Å². The van der Waals surface area contributed by atoms with E-state index in [0.717, 1.165) is 50.0 Å². The minimum atomic E-state index is -0.469. The van der Waals surface area contributed by atoms with E-state index in [-0.39, 0.29) is 45.9 Å². The molecule has 19 rings (SSSR count). The second-order valence-corrected chi connectivity index (χ2v) is 31.1. The highest BCUT2D eigenvalue weighted by Gasteiger charge is 2.23. The summed E-state index contributed by atoms with van der Waals surface area (Å²) in [5.74, 6) is 5.22. The number of fused-ring (bicyclic) bond motifs is 1. The number of phenols is 6. The van der Waals surface area contributed by atoms with E-state index < -0.39 is 11.6 Å². The molecule has 31 nitrogen and oxygen atoms in total. The Hall–Kier alpha value is -14.3. The van der Waals surface area contributed by atoms with Gasteiger partial charge in [-0.15, -0.1) is 5.10 Å². The molecule has 0 spiro atoms. The van der Waals surface area contributed by atoms with Gasteiger partial charge in [0.2, 0.25) is 5.82 Å². The first-order valence-corrected chi connectivity index (χ1v) is 41.1. The fourth-order valence-corrected chi connectivity index (χ4v) is 14.2. The number of H-pyrrole nitrogens is 5. The highest BCUT2D eigenvalue weighted by atomic mass is 79.9. The SMILES string of the molecule is COc1ccc(O)c(-c2n[nH]c(-c3ncccc3C)n2)c1.Cc1cccnc1-c1nc(-c2cc(F)ccc2O)n(C)n1.Oc1ccc(Br)cc1-c1n[nH]c(-c2ncccc2Br)n1.Oc1ccc(Cl)cc1-c1n[nH]c(-c2ncccc2Br)n1.Oc1ccc(F)cc1-c1n[nH]c(-c2ncccc2Br)n1.Oc1ccc2ccccc2c1-c1n[nH]c(-c2ncccc2Br)n1. The lowest BCUT2D eigenvalue weighted by molar-refractivity contribution is 0.412. The lowest BCUT2D eigenvalue weighted by Crippen LogP contribution is -1.95. The van der Waals surface area contributed by atoms with E-state index in [9.17, 15) is 39.4 Å². The number of benzene rings is 7. The monoisotopic (exact) mass is 2010 g/mol. The number of rotatable bonds is 13. The van der Waals surface area contributed by atoms with E-state index >= 15 is 0 Å². The number of pyridine rings is 6. The summed E-state index contributed by atoms with van der Waals surface area (Å²) in [5, 5.41) is 101. The number of ether oxygens (including phenoxy) is 1. The Balaban J connectivity index is 0.000000122. The van der Waals surface area contributed by atoms with Gasteiger partial charge in [-0.1, -0.05) is 70.0 Å². The third kappa shape index (κ3) is 20.7. The van der Waals surface area contributed by atoms with E-state index in [0.29, 0.717) is 131 Å². The van der Waals surface area contributed by atoms with E-state index in [4.69, 9.17) is 16.3 Å². The van der Waals surface area contributed by atoms with Crippen molar-refractivity contribution in [3.8, 4) is 178 Å². The Kier molecular flexibility index (Phi) is 27.6. The molecular weight excluding hydrogens is 1950 g/mol. The lowest BCUT2D eigenvalue weighted by Gasteiger charge is -2.05. The van der Waals surface area contributed by atoms with Crippen molar-refractivity contribution in [3.05, 3.63) is 288 Å². The Morgan fingerprint density at radius 3 is 1.19 bits per heavy atom. The predicted molar refractivity (Wildman–Crippen MR) is 482 cm³/mol. The van der Waals surface area contributed by atoms with Crippen LogP contribution in [0.25, 0.3) is 148 Å². The number of nitrogens with one attached hydrogen (secondary N) is 5. The second kappa shape index (κ2) is 39.7. The number of aryl methyl sites for hydroxylation is 3. The molecule has 7 aromatic carbocycles. The lowest BCUT2D eigenvalue weighted by atomic mass is 10.0. The van der Waals surface area contributed by atoms with Gasteiger partial charge in [0, 0.05) is 71.6 Å². The Morgan fingerprint density at radius 1 is 0.352 bits per heavy atom. The van der Waals surface area contributed by atoms with Crippen LogP contribution in [-0.2, 0) is 7.05 Å². The molecule has 0 saturated carbocycles. The summed E-state index contributed by atoms with van der Waals surface area (Å²) in [6.45, 7) is 3.87. The van der Waals surface area contributed by atoms with Crippen LogP contribution < -0.4 is 4.74 Å². The molecule has 0 bridgehead atoms. The first-order valence-electron chi connectivity index (χ1n) is 36.8. The van der Waals surface area contributed by atoms with Gasteiger partial charge in [-0.3, -0.25) is 55.4 Å². The van der Waals surface area contributed by atoms with Crippen LogP contribution in [0.4, 0.5) is 8.78 Å². The molecule has 39 heteroatoms. The number of methoxy groups -OCH3 is 1. The van der Waals surface area contributed by atoms with Crippen LogP contribution >= 0.6 is 91.3 Å². The first-order chi connectivity index (χ1) is 60.4. The van der Waals surface area contributed by atoms with Crippen molar-refractivity contribution in [3.63, 3.8) is 0 Å². The van der Waals surface area contributed by atoms with Crippen LogP contribution in [0, 0.1) is 25.5 Å². The molecule has 11 N–H and O–H groups in total. The molecular formula is C86H62Br5ClF2N24O7. The van der Waals surface area contributed by atoms with Crippen LogP contribution in [0.2, 0.25) is 5.02 Å². The number of halogens is 8. The van der Waals surface area contributed by atoms with Crippen molar-refractivity contribution in [1.82, 2.24) is 121 Å². The maximum Gasteiger partial charge on any atom is 0.200 e. The molecule has 0 aliphatic carbocycles. The molecule has 0 aliphatic rings. The van der Waals surface area contributed by atoms with Gasteiger partial charge in [-0.05, 0) is 257 Å². The van der Waals surface area contributed by atoms with Gasteiger partial charge in [-0.25, -0.2) is 43.4 Å². The summed E-state index contributed by atoms with van der Waals surface area (Å²) in [5.41, 5.74) is 8.55. The van der Waals surface area contributed by atoms with E-state index in [1.165, 1.54) is 47.1 Å². The average Bonchev–Trinajstić information content (AvgIpc) is 1.76. The van der Waals surface area contributed by atoms with Crippen molar-refractivity contribution >= 4 is 102 Å². The van der Waals surface area contributed by atoms with Gasteiger partial charge in [0.1, 0.15) is 86.0 Å². The largest absolute Gasteiger partial charge is 0.507 e. The highest BCUT2D eigenvalue weighted by molar-refractivity contribution is 9.11. The molecule has 0 amide bonds. The van der Waals surface area contributed by atoms with Gasteiger partial charge in [0.25, 0.3) is 0 Å². The molecule has 12 heterocycles. The quantitative estimate of drug-likeness (QED) is 0.0511. The zero-order chi connectivity index (χ0) is 88.0. The number of hydrogen-bond acceptors (Lipinski definition) is 25. The van der Waals surface area contributed by atoms with E-state index in [1.807, 2.05) is 111 Å². The number of aromatic hydroxyl groups is 6. The summed E-state index contributed by atoms with van der Waals surface area (Å²) < 4.78 is 37.3. The molecule has 125 heavy (non-hydrogen) atoms. The van der Waals surface area contributed by atoms with Crippen molar-refractivity contribution < 1.29 is 44.2 Å². The summed E-state index contributed by atoms with van der Waals surface area (Å²) in [4.78, 5) is 51.7. The van der Waals surface area contributed by atoms with Gasteiger partial charge in [-0.2, -0.15) is 25.5 Å². The maximum atomic E-state index is 13.4. The standard InChI is InChI=1S/C17H11BrN4O.C15H13FN4O.C15H14N4O2.C13H8Br2N4O.C13H8BrClN4O.C13H8BrFN4O/c18-12-6-3-9-19-15(12)17-20-16(21-22-17)14-11-5-2-1-4-10(11)7-8-13(14)23;1-9-4-3-7-17-13(9)14-18-15(20(2)19-14)11-8-10(16)5-6-12(11)21;1-9-4-3-7-16-13(9)15-17-14(18-19-15)11-8-10(21-2)5-6-12(11)20;14-7-3-4-10(20)8(6-7)12-17-13(19-18-12)11-9(15)2-1-5-16-11;2*14-9-2-1-5-16-11(9)13-17-12(18-19-13)8-6-7(15)3-4-10(8)20/h1-9,23H,(H,20,21,22);3-8,21H,1-2H3;3-8,20H,1-2H3,(H,17,18,19);3*1-6,20H,(H,17,18,19). The van der Waals surface area contributed by atoms with Crippen LogP contribution in [0.15, 0.2) is 260 Å². The van der Waals surface area contributed by atoms with Gasteiger partial charge in [0.15, 0.2) is 64.1 Å². The molecule has 624 valence electrons. The smallest absolute Gasteiger partial charge is 0.200 e. The summed E-state index contributed by atoms with van der Waals surface area (Å²) in [6.07, 6.45) is 10.0. The minimum Gasteiger partial charge on any atom is -0.507 e. The minimum absolute atomic E-state index is 0.0452. The van der Waals surface area contributed by atoms with Crippen LogP contribution in [-0.4, -0.2) is 158 Å². The average molecular weight is 2020 g/mol. The van der Waals surface area contributed by atoms with Crippen molar-refractivity contribution in [2.24, 2.45) is 7.05 Å². The summed E-state index contributed by atoms with van der Waals surface area (Å²) in [6, 6.07) is 55.7. The van der Waals surface area contributed by atoms with E-state index in [1.54, 1.807) is 112 Å². The van der Waals surface area contributed by atoms with Gasteiger partial charge < -0.3 is 35.4 Å². The molecule has 0 radical (unpaired) electrons. The number of phenolic OH excluding ortho intramolecular Hbond substituents is 6. The fraction of sp³-hybridized carbons (Fsp3) is 0.0465. The van der Waals surface area contributed by atoms with Crippen LogP contribution in [0.1, 0.15) is 11.1 Å². The Labute approximate surface area is 754 Å². The van der Waals surface area contributed by atoms with Crippen LogP contribution in [0.5, 0.6) is 40.2 Å². The highest BCUT2D eigenvalue weighted by Crippen LogP contribution is 2.40. The topological polar surface area (TPSA) is 447 Å². The first kappa shape index (κ1) is 87.1. The van der Waals surface area contributed by atoms with Gasteiger partial charge >= 0.3 is 0 Å². The van der Waals surface area contributed by atoms with Crippen molar-refractivity contribution in [1.29, 1.82) is 0 Å². The molecule has 19 aromatic rings. The molecule has 0 atom stereocenters. The predicted octanol–water partition coefficient (Wildman–Crippen LogP) is 20.0. The van der Waals surface area contributed by atoms with Crippen LogP contribution in [0.3, 0.4) is 0 Å². The number of nitrogens with zero attached hydrogens (tertiary/aromatic N) is 19.